The number of carbonyl (C=O) groups excluding carboxylic acids is 2. The Morgan fingerprint density at radius 1 is 1.29 bits per heavy atom. The van der Waals surface area contributed by atoms with Gasteiger partial charge in [0.1, 0.15) is 5.78 Å². The van der Waals surface area contributed by atoms with Gasteiger partial charge in [-0.25, -0.2) is 0 Å². The molecule has 6 heteroatoms. The maximum atomic E-state index is 13.0. The summed E-state index contributed by atoms with van der Waals surface area (Å²) < 4.78 is 38.9. The van der Waals surface area contributed by atoms with Gasteiger partial charge in [-0.05, 0) is 31.9 Å². The van der Waals surface area contributed by atoms with E-state index in [4.69, 9.17) is 0 Å². The molecule has 1 heterocycles. The number of nitrogens with zero attached hydrogens (tertiary/aromatic N) is 1. The first-order valence-electron chi connectivity index (χ1n) is 6.77. The van der Waals surface area contributed by atoms with Crippen molar-refractivity contribution in [1.82, 2.24) is 4.90 Å². The number of hydrogen-bond donors (Lipinski definition) is 0. The Morgan fingerprint density at radius 2 is 1.95 bits per heavy atom. The number of benzene rings is 1. The molecule has 0 spiro atoms. The Kier molecular flexibility index (Phi) is 4.34. The van der Waals surface area contributed by atoms with Crippen molar-refractivity contribution < 1.29 is 22.8 Å². The van der Waals surface area contributed by atoms with E-state index in [1.54, 1.807) is 0 Å². The second kappa shape index (κ2) is 5.87. The van der Waals surface area contributed by atoms with Crippen molar-refractivity contribution in [3.05, 3.63) is 35.4 Å². The lowest BCUT2D eigenvalue weighted by atomic mass is 10.0. The minimum Gasteiger partial charge on any atom is -0.335 e. The molecule has 1 fully saturated rings. The van der Waals surface area contributed by atoms with Crippen LogP contribution in [-0.4, -0.2) is 29.2 Å². The molecule has 1 aromatic carbocycles. The molecule has 0 bridgehead atoms. The first-order valence-corrected chi connectivity index (χ1v) is 6.77. The summed E-state index contributed by atoms with van der Waals surface area (Å²) in [6.45, 7) is 1.81. The molecule has 0 aromatic heterocycles. The number of alkyl halides is 3. The van der Waals surface area contributed by atoms with Crippen molar-refractivity contribution in [2.24, 2.45) is 0 Å². The summed E-state index contributed by atoms with van der Waals surface area (Å²) in [5.41, 5.74) is -1.27. The van der Waals surface area contributed by atoms with E-state index in [-0.39, 0.29) is 23.8 Å². The highest BCUT2D eigenvalue weighted by Crippen LogP contribution is 2.33. The van der Waals surface area contributed by atoms with Crippen molar-refractivity contribution in [3.8, 4) is 0 Å². The van der Waals surface area contributed by atoms with Crippen LogP contribution in [0, 0.1) is 0 Å². The zero-order valence-corrected chi connectivity index (χ0v) is 11.6. The predicted octanol–water partition coefficient (Wildman–Crippen LogP) is 3.29. The van der Waals surface area contributed by atoms with E-state index in [0.29, 0.717) is 19.4 Å². The van der Waals surface area contributed by atoms with Crippen LogP contribution in [0.3, 0.4) is 0 Å². The van der Waals surface area contributed by atoms with Crippen LogP contribution in [0.1, 0.15) is 42.1 Å². The second-order valence-electron chi connectivity index (χ2n) is 5.24. The normalized spacial score (nSPS) is 18.9. The third-order valence-corrected chi connectivity index (χ3v) is 3.62. The molecule has 1 aliphatic rings. The summed E-state index contributed by atoms with van der Waals surface area (Å²) in [5, 5.41) is 0. The summed E-state index contributed by atoms with van der Waals surface area (Å²) in [6.07, 6.45) is -3.01. The molecule has 21 heavy (non-hydrogen) atoms. The molecule has 114 valence electrons. The average molecular weight is 299 g/mol. The van der Waals surface area contributed by atoms with Gasteiger partial charge in [0.05, 0.1) is 11.1 Å². The Morgan fingerprint density at radius 3 is 2.57 bits per heavy atom. The fourth-order valence-corrected chi connectivity index (χ4v) is 2.72. The zero-order valence-electron chi connectivity index (χ0n) is 11.6. The van der Waals surface area contributed by atoms with E-state index in [2.05, 4.69) is 0 Å². The molecule has 0 saturated carbocycles. The summed E-state index contributed by atoms with van der Waals surface area (Å²) in [6, 6.07) is 4.48. The van der Waals surface area contributed by atoms with Crippen molar-refractivity contribution in [3.63, 3.8) is 0 Å². The smallest absolute Gasteiger partial charge is 0.335 e. The minimum absolute atomic E-state index is 0.0659. The van der Waals surface area contributed by atoms with Crippen molar-refractivity contribution in [1.29, 1.82) is 0 Å². The quantitative estimate of drug-likeness (QED) is 0.859. The summed E-state index contributed by atoms with van der Waals surface area (Å²) in [4.78, 5) is 25.0. The van der Waals surface area contributed by atoms with Crippen LogP contribution in [0.2, 0.25) is 0 Å². The molecule has 3 nitrogen and oxygen atoms in total. The average Bonchev–Trinajstić information content (AvgIpc) is 2.84. The molecular formula is C15H16F3NO2. The van der Waals surface area contributed by atoms with Crippen molar-refractivity contribution in [2.75, 3.05) is 6.54 Å². The zero-order chi connectivity index (χ0) is 15.6. The maximum absolute atomic E-state index is 13.0. The number of ketones is 1. The topological polar surface area (TPSA) is 37.4 Å². The van der Waals surface area contributed by atoms with Gasteiger partial charge in [-0.15, -0.1) is 0 Å². The maximum Gasteiger partial charge on any atom is 0.417 e. The van der Waals surface area contributed by atoms with Crippen LogP contribution in [0.5, 0.6) is 0 Å². The van der Waals surface area contributed by atoms with Crippen molar-refractivity contribution in [2.45, 2.75) is 38.4 Å². The van der Waals surface area contributed by atoms with Crippen LogP contribution >= 0.6 is 0 Å². The number of amides is 1. The molecule has 1 saturated heterocycles. The highest BCUT2D eigenvalue weighted by Gasteiger charge is 2.38. The lowest BCUT2D eigenvalue weighted by Gasteiger charge is -2.25. The van der Waals surface area contributed by atoms with Gasteiger partial charge in [0.2, 0.25) is 0 Å². The highest BCUT2D eigenvalue weighted by atomic mass is 19.4. The Labute approximate surface area is 120 Å². The highest BCUT2D eigenvalue weighted by molar-refractivity contribution is 5.96. The molecule has 0 N–H and O–H groups in total. The van der Waals surface area contributed by atoms with E-state index in [1.807, 2.05) is 0 Å². The van der Waals surface area contributed by atoms with E-state index < -0.39 is 17.6 Å². The van der Waals surface area contributed by atoms with Gasteiger partial charge in [-0.1, -0.05) is 12.1 Å². The first-order chi connectivity index (χ1) is 9.80. The Balaban J connectivity index is 2.30. The first kappa shape index (κ1) is 15.5. The molecule has 1 unspecified atom stereocenters. The standard InChI is InChI=1S/C15H16F3NO2/c1-10(20)9-11-5-4-8-19(11)14(21)12-6-2-3-7-13(12)15(16,17)18/h2-3,6-7,11H,4-5,8-9H2,1H3. The number of carbonyl (C=O) groups is 2. The second-order valence-corrected chi connectivity index (χ2v) is 5.24. The van der Waals surface area contributed by atoms with Gasteiger partial charge in [-0.2, -0.15) is 13.2 Å². The number of halogens is 3. The van der Waals surface area contributed by atoms with E-state index in [1.165, 1.54) is 30.0 Å². The third kappa shape index (κ3) is 3.43. The number of hydrogen-bond acceptors (Lipinski definition) is 2. The fourth-order valence-electron chi connectivity index (χ4n) is 2.72. The Bertz CT molecular complexity index is 554. The lowest BCUT2D eigenvalue weighted by molar-refractivity contribution is -0.138. The summed E-state index contributed by atoms with van der Waals surface area (Å²) >= 11 is 0. The molecule has 1 aromatic rings. The van der Waals surface area contributed by atoms with Crippen LogP contribution in [0.4, 0.5) is 13.2 Å². The van der Waals surface area contributed by atoms with Gasteiger partial charge >= 0.3 is 6.18 Å². The van der Waals surface area contributed by atoms with Gasteiger partial charge in [-0.3, -0.25) is 9.59 Å². The van der Waals surface area contributed by atoms with Gasteiger partial charge in [0.25, 0.3) is 5.91 Å². The third-order valence-electron chi connectivity index (χ3n) is 3.62. The monoisotopic (exact) mass is 299 g/mol. The molecule has 1 amide bonds. The summed E-state index contributed by atoms with van der Waals surface area (Å²) in [7, 11) is 0. The van der Waals surface area contributed by atoms with E-state index in [9.17, 15) is 22.8 Å². The van der Waals surface area contributed by atoms with Crippen LogP contribution in [-0.2, 0) is 11.0 Å². The molecule has 2 rings (SSSR count). The van der Waals surface area contributed by atoms with Crippen LogP contribution < -0.4 is 0 Å². The molecule has 0 radical (unpaired) electrons. The van der Waals surface area contributed by atoms with Gasteiger partial charge in [0.15, 0.2) is 0 Å². The largest absolute Gasteiger partial charge is 0.417 e. The van der Waals surface area contributed by atoms with Crippen LogP contribution in [0.15, 0.2) is 24.3 Å². The number of likely N-dealkylation sites (tertiary alicyclic amines) is 1. The van der Waals surface area contributed by atoms with Crippen molar-refractivity contribution >= 4 is 11.7 Å². The number of Topliss-reactive ketones (excluding diaryl/α,β-unsaturated/α-hetero) is 1. The van der Waals surface area contributed by atoms with Gasteiger partial charge < -0.3 is 4.90 Å². The van der Waals surface area contributed by atoms with E-state index in [0.717, 1.165) is 6.07 Å². The predicted molar refractivity (Wildman–Crippen MR) is 70.8 cm³/mol. The molecular weight excluding hydrogens is 283 g/mol. The lowest BCUT2D eigenvalue weighted by Crippen LogP contribution is -2.37. The van der Waals surface area contributed by atoms with E-state index >= 15 is 0 Å². The molecule has 1 aliphatic heterocycles. The minimum atomic E-state index is -4.57. The van der Waals surface area contributed by atoms with Gasteiger partial charge in [0, 0.05) is 19.0 Å². The molecule has 0 aliphatic carbocycles. The summed E-state index contributed by atoms with van der Waals surface area (Å²) in [5.74, 6) is -0.713. The molecule has 1 atom stereocenters. The SMILES string of the molecule is CC(=O)CC1CCCN1C(=O)c1ccccc1C(F)(F)F. The number of rotatable bonds is 3. The van der Waals surface area contributed by atoms with Crippen LogP contribution in [0.25, 0.3) is 0 Å². The fraction of sp³-hybridized carbons (Fsp3) is 0.467. The Hall–Kier alpha value is -1.85.